The van der Waals surface area contributed by atoms with Gasteiger partial charge in [0.2, 0.25) is 5.01 Å². The van der Waals surface area contributed by atoms with Crippen LogP contribution < -0.4 is 0 Å². The molecule has 0 spiro atoms. The van der Waals surface area contributed by atoms with E-state index in [1.54, 1.807) is 18.5 Å². The molecule has 2 aromatic rings. The predicted octanol–water partition coefficient (Wildman–Crippen LogP) is 0.741. The van der Waals surface area contributed by atoms with Crippen LogP contribution in [0.15, 0.2) is 18.5 Å². The van der Waals surface area contributed by atoms with E-state index in [1.807, 2.05) is 0 Å². The van der Waals surface area contributed by atoms with Gasteiger partial charge in [-0.15, -0.1) is 11.3 Å². The van der Waals surface area contributed by atoms with Gasteiger partial charge in [-0.25, -0.2) is 9.78 Å². The van der Waals surface area contributed by atoms with Crippen molar-refractivity contribution in [3.05, 3.63) is 23.5 Å². The summed E-state index contributed by atoms with van der Waals surface area (Å²) >= 11 is 1.15. The Morgan fingerprint density at radius 1 is 1.54 bits per heavy atom. The number of carbonyl (C=O) groups is 1. The molecule has 2 aromatic heterocycles. The number of nitrogens with zero attached hydrogens (tertiary/aromatic N) is 2. The van der Waals surface area contributed by atoms with Crippen LogP contribution in [0.3, 0.4) is 0 Å². The summed E-state index contributed by atoms with van der Waals surface area (Å²) in [6, 6.07) is 1.75. The molecule has 0 aromatic carbocycles. The predicted molar refractivity (Wildman–Crippen MR) is 51.5 cm³/mol. The Hall–Kier alpha value is -0.893. The summed E-state index contributed by atoms with van der Waals surface area (Å²) in [7, 11) is 0. The van der Waals surface area contributed by atoms with Crippen LogP contribution >= 0.6 is 11.3 Å². The number of hydrogen-bond acceptors (Lipinski definition) is 4. The van der Waals surface area contributed by atoms with Gasteiger partial charge in [-0.2, -0.15) is 0 Å². The second-order valence-corrected chi connectivity index (χ2v) is 3.20. The van der Waals surface area contributed by atoms with Crippen LogP contribution in [0.25, 0.3) is 10.2 Å². The van der Waals surface area contributed by atoms with Gasteiger partial charge in [-0.3, -0.25) is 4.98 Å². The quantitative estimate of drug-likeness (QED) is 0.670. The van der Waals surface area contributed by atoms with Gasteiger partial charge in [-0.1, -0.05) is 0 Å². The van der Waals surface area contributed by atoms with Gasteiger partial charge in [0.25, 0.3) is 0 Å². The third-order valence-electron chi connectivity index (χ3n) is 1.37. The fraction of sp³-hybridized carbons (Fsp3) is 0. The number of thiazole rings is 1. The van der Waals surface area contributed by atoms with Crippen molar-refractivity contribution < 1.29 is 9.90 Å². The number of carboxylic acids is 1. The summed E-state index contributed by atoms with van der Waals surface area (Å²) in [5, 5.41) is 8.72. The summed E-state index contributed by atoms with van der Waals surface area (Å²) < 4.78 is 0.849. The number of hydrogen-bond donors (Lipinski definition) is 1. The zero-order valence-corrected chi connectivity index (χ0v) is 6.71. The Labute approximate surface area is 89.8 Å². The van der Waals surface area contributed by atoms with Crippen LogP contribution in [0, 0.1) is 0 Å². The van der Waals surface area contributed by atoms with Crippen molar-refractivity contribution in [3.63, 3.8) is 0 Å². The Morgan fingerprint density at radius 2 is 2.31 bits per heavy atom. The number of aromatic nitrogens is 2. The maximum atomic E-state index is 10.5. The first-order valence-electron chi connectivity index (χ1n) is 3.21. The molecular formula is C7H5LiN2O2S. The summed E-state index contributed by atoms with van der Waals surface area (Å²) in [5.41, 5.74) is 0.639. The zero-order valence-electron chi connectivity index (χ0n) is 5.89. The molecule has 2 heterocycles. The fourth-order valence-electron chi connectivity index (χ4n) is 0.871. The molecule has 0 saturated heterocycles. The SMILES string of the molecule is O=C(O)c1nc2cnccc2s1.[LiH]. The van der Waals surface area contributed by atoms with E-state index >= 15 is 0 Å². The average Bonchev–Trinajstić information content (AvgIpc) is 2.46. The van der Waals surface area contributed by atoms with Crippen molar-refractivity contribution in [3.8, 4) is 0 Å². The molecule has 0 aliphatic carbocycles. The van der Waals surface area contributed by atoms with Crippen molar-refractivity contribution in [2.75, 3.05) is 0 Å². The first-order valence-corrected chi connectivity index (χ1v) is 4.03. The van der Waals surface area contributed by atoms with Crippen LogP contribution in [-0.4, -0.2) is 39.9 Å². The summed E-state index contributed by atoms with van der Waals surface area (Å²) in [4.78, 5) is 18.2. The van der Waals surface area contributed by atoms with Crippen LogP contribution in [-0.2, 0) is 0 Å². The first kappa shape index (κ1) is 10.2. The summed E-state index contributed by atoms with van der Waals surface area (Å²) in [6.45, 7) is 0. The van der Waals surface area contributed by atoms with E-state index in [9.17, 15) is 4.79 Å². The molecule has 0 unspecified atom stereocenters. The van der Waals surface area contributed by atoms with Crippen molar-refractivity contribution in [1.29, 1.82) is 0 Å². The van der Waals surface area contributed by atoms with E-state index in [0.717, 1.165) is 16.0 Å². The molecule has 0 saturated carbocycles. The molecule has 0 bridgehead atoms. The van der Waals surface area contributed by atoms with Gasteiger partial charge < -0.3 is 5.11 Å². The van der Waals surface area contributed by atoms with Gasteiger partial charge >= 0.3 is 24.8 Å². The Bertz CT molecular complexity index is 410. The molecular weight excluding hydrogens is 183 g/mol. The Balaban J connectivity index is 0.000000845. The van der Waals surface area contributed by atoms with Crippen LogP contribution in [0.2, 0.25) is 0 Å². The Kier molecular flexibility index (Phi) is 3.04. The van der Waals surface area contributed by atoms with E-state index in [2.05, 4.69) is 9.97 Å². The van der Waals surface area contributed by atoms with Crippen molar-refractivity contribution in [2.45, 2.75) is 0 Å². The molecule has 0 radical (unpaired) electrons. The maximum absolute atomic E-state index is 10.5. The third-order valence-corrected chi connectivity index (χ3v) is 2.40. The molecule has 0 atom stereocenters. The number of fused-ring (bicyclic) bond motifs is 1. The monoisotopic (exact) mass is 188 g/mol. The summed E-state index contributed by atoms with van der Waals surface area (Å²) in [5.74, 6) is -0.990. The normalized spacial score (nSPS) is 9.54. The molecule has 0 aliphatic rings. The molecule has 6 heteroatoms. The molecule has 4 nitrogen and oxygen atoms in total. The fourth-order valence-corrected chi connectivity index (χ4v) is 1.64. The van der Waals surface area contributed by atoms with Gasteiger partial charge in [-0.05, 0) is 6.07 Å². The van der Waals surface area contributed by atoms with Crippen LogP contribution in [0.5, 0.6) is 0 Å². The van der Waals surface area contributed by atoms with Crippen molar-refractivity contribution in [2.24, 2.45) is 0 Å². The summed E-state index contributed by atoms with van der Waals surface area (Å²) in [6.07, 6.45) is 3.17. The van der Waals surface area contributed by atoms with Gasteiger partial charge in [0.15, 0.2) is 0 Å². The van der Waals surface area contributed by atoms with Gasteiger partial charge in [0.1, 0.15) is 5.52 Å². The van der Waals surface area contributed by atoms with Gasteiger partial charge in [0, 0.05) is 6.20 Å². The molecule has 0 fully saturated rings. The molecule has 13 heavy (non-hydrogen) atoms. The minimum absolute atomic E-state index is 0. The number of pyridine rings is 1. The topological polar surface area (TPSA) is 63.1 Å². The molecule has 62 valence electrons. The second-order valence-electron chi connectivity index (χ2n) is 2.17. The van der Waals surface area contributed by atoms with Crippen molar-refractivity contribution in [1.82, 2.24) is 9.97 Å². The molecule has 2 rings (SSSR count). The van der Waals surface area contributed by atoms with E-state index in [4.69, 9.17) is 5.11 Å². The van der Waals surface area contributed by atoms with E-state index in [0.29, 0.717) is 5.52 Å². The second kappa shape index (κ2) is 3.88. The van der Waals surface area contributed by atoms with E-state index in [-0.39, 0.29) is 23.9 Å². The van der Waals surface area contributed by atoms with Gasteiger partial charge in [0.05, 0.1) is 10.9 Å². The molecule has 0 amide bonds. The first-order chi connectivity index (χ1) is 5.77. The van der Waals surface area contributed by atoms with E-state index < -0.39 is 5.97 Å². The third kappa shape index (κ3) is 1.89. The molecule has 1 N–H and O–H groups in total. The number of carboxylic acid groups (broad SMARTS) is 1. The van der Waals surface area contributed by atoms with Crippen molar-refractivity contribution >= 4 is 46.4 Å². The number of rotatable bonds is 1. The Morgan fingerprint density at radius 3 is 2.92 bits per heavy atom. The van der Waals surface area contributed by atoms with E-state index in [1.165, 1.54) is 0 Å². The standard InChI is InChI=1S/C7H4N2O2S.Li.H/c10-7(11)6-9-4-3-8-2-1-5(4)12-6;;/h1-3H,(H,10,11);;. The zero-order chi connectivity index (χ0) is 8.55. The van der Waals surface area contributed by atoms with Crippen LogP contribution in [0.4, 0.5) is 0 Å². The van der Waals surface area contributed by atoms with Crippen LogP contribution in [0.1, 0.15) is 9.80 Å². The minimum atomic E-state index is -0.990. The number of aromatic carboxylic acids is 1. The average molecular weight is 188 g/mol. The molecule has 0 aliphatic heterocycles.